The molecule has 150 valence electrons. The van der Waals surface area contributed by atoms with Crippen LogP contribution in [0.4, 0.5) is 4.39 Å². The van der Waals surface area contributed by atoms with E-state index in [1.807, 2.05) is 0 Å². The Hall–Kier alpha value is -2.84. The second kappa shape index (κ2) is 8.26. The molecular formula is C21H22FN4O2S+. The monoisotopic (exact) mass is 413 g/mol. The minimum Gasteiger partial charge on any atom is -0.328 e. The number of carbonyl (C=O) groups is 1. The molecule has 6 nitrogen and oxygen atoms in total. The van der Waals surface area contributed by atoms with E-state index in [9.17, 15) is 14.0 Å². The molecule has 0 aliphatic carbocycles. The molecule has 0 spiro atoms. The van der Waals surface area contributed by atoms with Gasteiger partial charge in [0.1, 0.15) is 18.0 Å². The van der Waals surface area contributed by atoms with Crippen molar-refractivity contribution in [2.45, 2.75) is 13.5 Å². The summed E-state index contributed by atoms with van der Waals surface area (Å²) in [6.07, 6.45) is 0. The van der Waals surface area contributed by atoms with E-state index in [0.29, 0.717) is 18.8 Å². The van der Waals surface area contributed by atoms with Gasteiger partial charge in [0, 0.05) is 17.3 Å². The summed E-state index contributed by atoms with van der Waals surface area (Å²) in [6.45, 7) is 5.36. The van der Waals surface area contributed by atoms with Crippen LogP contribution in [-0.4, -0.2) is 46.8 Å². The smallest absolute Gasteiger partial charge is 0.278 e. The summed E-state index contributed by atoms with van der Waals surface area (Å²) in [6, 6.07) is 9.63. The van der Waals surface area contributed by atoms with Crippen LogP contribution in [0.2, 0.25) is 0 Å². The first-order chi connectivity index (χ1) is 14.0. The minimum atomic E-state index is -0.462. The summed E-state index contributed by atoms with van der Waals surface area (Å²) in [5.41, 5.74) is 1.39. The molecule has 1 saturated heterocycles. The van der Waals surface area contributed by atoms with E-state index in [1.165, 1.54) is 27.3 Å². The molecule has 8 heteroatoms. The molecule has 3 aromatic rings. The predicted molar refractivity (Wildman–Crippen MR) is 109 cm³/mol. The lowest BCUT2D eigenvalue weighted by Crippen LogP contribution is -3.13. The Morgan fingerprint density at radius 1 is 1.24 bits per heavy atom. The highest BCUT2D eigenvalue weighted by molar-refractivity contribution is 7.07. The Bertz CT molecular complexity index is 1070. The standard InChI is InChI=1S/C21H21FN4O2S/c1-15-12-19(27)20(23-26(15)18-5-3-2-4-17(18)22)21(28)25-9-7-24(8-10-25)13-16-6-11-29-14-16/h2-6,11-12,14H,7-10,13H2,1H3/p+1. The molecule has 0 saturated carbocycles. The van der Waals surface area contributed by atoms with Crippen molar-refractivity contribution in [3.05, 3.63) is 80.2 Å². The second-order valence-corrected chi connectivity index (χ2v) is 7.99. The van der Waals surface area contributed by atoms with Gasteiger partial charge in [-0.15, -0.1) is 0 Å². The molecule has 2 aromatic heterocycles. The summed E-state index contributed by atoms with van der Waals surface area (Å²) in [7, 11) is 0. The average Bonchev–Trinajstić information content (AvgIpc) is 3.22. The molecule has 0 unspecified atom stereocenters. The number of rotatable bonds is 4. The number of nitrogens with zero attached hydrogens (tertiary/aromatic N) is 3. The Morgan fingerprint density at radius 3 is 2.69 bits per heavy atom. The van der Waals surface area contributed by atoms with Crippen LogP contribution >= 0.6 is 11.3 Å². The molecular weight excluding hydrogens is 391 g/mol. The van der Waals surface area contributed by atoms with Crippen LogP contribution < -0.4 is 10.3 Å². The van der Waals surface area contributed by atoms with Crippen molar-refractivity contribution in [2.75, 3.05) is 26.2 Å². The molecule has 29 heavy (non-hydrogen) atoms. The first-order valence-electron chi connectivity index (χ1n) is 9.53. The normalized spacial score (nSPS) is 14.9. The Morgan fingerprint density at radius 2 is 2.00 bits per heavy atom. The number of para-hydroxylation sites is 1. The maximum Gasteiger partial charge on any atom is 0.278 e. The molecule has 1 N–H and O–H groups in total. The first kappa shape index (κ1) is 19.5. The SMILES string of the molecule is Cc1cc(=O)c(C(=O)N2CC[NH+](Cc3ccsc3)CC2)nn1-c1ccccc1F. The van der Waals surface area contributed by atoms with Gasteiger partial charge < -0.3 is 9.80 Å². The van der Waals surface area contributed by atoms with Crippen molar-refractivity contribution < 1.29 is 14.1 Å². The molecule has 0 bridgehead atoms. The number of piperazine rings is 1. The molecule has 1 amide bonds. The number of quaternary nitrogens is 1. The van der Waals surface area contributed by atoms with Gasteiger partial charge in [0.05, 0.1) is 26.2 Å². The van der Waals surface area contributed by atoms with Crippen molar-refractivity contribution >= 4 is 17.2 Å². The van der Waals surface area contributed by atoms with Gasteiger partial charge in [-0.1, -0.05) is 12.1 Å². The van der Waals surface area contributed by atoms with Crippen LogP contribution in [0.3, 0.4) is 0 Å². The fourth-order valence-corrected chi connectivity index (χ4v) is 4.27. The van der Waals surface area contributed by atoms with E-state index in [1.54, 1.807) is 41.4 Å². The largest absolute Gasteiger partial charge is 0.328 e. The molecule has 0 atom stereocenters. The quantitative estimate of drug-likeness (QED) is 0.701. The molecule has 1 aliphatic rings. The van der Waals surface area contributed by atoms with Crippen molar-refractivity contribution in [3.8, 4) is 5.69 Å². The van der Waals surface area contributed by atoms with Crippen LogP contribution in [-0.2, 0) is 6.54 Å². The molecule has 1 fully saturated rings. The number of aryl methyl sites for hydroxylation is 1. The maximum atomic E-state index is 14.2. The Labute approximate surface area is 171 Å². The highest BCUT2D eigenvalue weighted by Gasteiger charge is 2.27. The number of amides is 1. The fourth-order valence-electron chi connectivity index (χ4n) is 3.60. The van der Waals surface area contributed by atoms with E-state index >= 15 is 0 Å². The number of thiophene rings is 1. The van der Waals surface area contributed by atoms with E-state index in [4.69, 9.17) is 0 Å². The summed E-state index contributed by atoms with van der Waals surface area (Å²) in [4.78, 5) is 28.5. The van der Waals surface area contributed by atoms with Crippen molar-refractivity contribution in [1.82, 2.24) is 14.7 Å². The maximum absolute atomic E-state index is 14.2. The minimum absolute atomic E-state index is 0.167. The fraction of sp³-hybridized carbons (Fsp3) is 0.286. The van der Waals surface area contributed by atoms with Gasteiger partial charge in [-0.2, -0.15) is 16.4 Å². The third kappa shape index (κ3) is 4.13. The second-order valence-electron chi connectivity index (χ2n) is 7.21. The van der Waals surface area contributed by atoms with E-state index < -0.39 is 17.2 Å². The van der Waals surface area contributed by atoms with E-state index in [2.05, 4.69) is 21.9 Å². The van der Waals surface area contributed by atoms with Crippen LogP contribution in [0.1, 0.15) is 21.7 Å². The van der Waals surface area contributed by atoms with Crippen LogP contribution in [0, 0.1) is 12.7 Å². The van der Waals surface area contributed by atoms with Gasteiger partial charge in [-0.05, 0) is 35.9 Å². The molecule has 1 aromatic carbocycles. The number of halogens is 1. The van der Waals surface area contributed by atoms with Crippen molar-refractivity contribution in [2.24, 2.45) is 0 Å². The zero-order chi connectivity index (χ0) is 20.4. The molecule has 1 aliphatic heterocycles. The van der Waals surface area contributed by atoms with Crippen LogP contribution in [0.5, 0.6) is 0 Å². The highest BCUT2D eigenvalue weighted by Crippen LogP contribution is 2.13. The van der Waals surface area contributed by atoms with Crippen molar-refractivity contribution in [1.29, 1.82) is 0 Å². The number of hydrogen-bond acceptors (Lipinski definition) is 4. The zero-order valence-electron chi connectivity index (χ0n) is 16.1. The van der Waals surface area contributed by atoms with Gasteiger partial charge in [0.15, 0.2) is 5.69 Å². The zero-order valence-corrected chi connectivity index (χ0v) is 16.9. The summed E-state index contributed by atoms with van der Waals surface area (Å²) in [5, 5.41) is 8.44. The molecule has 4 rings (SSSR count). The number of benzene rings is 1. The van der Waals surface area contributed by atoms with Gasteiger partial charge >= 0.3 is 0 Å². The highest BCUT2D eigenvalue weighted by atomic mass is 32.1. The lowest BCUT2D eigenvalue weighted by molar-refractivity contribution is -0.917. The first-order valence-corrected chi connectivity index (χ1v) is 10.5. The third-order valence-corrected chi connectivity index (χ3v) is 5.91. The molecule has 0 radical (unpaired) electrons. The number of aromatic nitrogens is 2. The van der Waals surface area contributed by atoms with Crippen LogP contribution in [0.25, 0.3) is 5.69 Å². The van der Waals surface area contributed by atoms with Gasteiger partial charge in [-0.3, -0.25) is 9.59 Å². The van der Waals surface area contributed by atoms with Crippen LogP contribution in [0.15, 0.2) is 52.0 Å². The Balaban J connectivity index is 1.53. The average molecular weight is 413 g/mol. The lowest BCUT2D eigenvalue weighted by Gasteiger charge is -2.31. The van der Waals surface area contributed by atoms with E-state index in [-0.39, 0.29) is 11.4 Å². The summed E-state index contributed by atoms with van der Waals surface area (Å²) < 4.78 is 15.5. The summed E-state index contributed by atoms with van der Waals surface area (Å²) >= 11 is 1.68. The number of carbonyl (C=O) groups excluding carboxylic acids is 1. The van der Waals surface area contributed by atoms with Gasteiger partial charge in [-0.25, -0.2) is 9.07 Å². The summed E-state index contributed by atoms with van der Waals surface area (Å²) in [5.74, 6) is -0.856. The third-order valence-electron chi connectivity index (χ3n) is 5.18. The number of nitrogens with one attached hydrogen (secondary N) is 1. The van der Waals surface area contributed by atoms with E-state index in [0.717, 1.165) is 19.6 Å². The van der Waals surface area contributed by atoms with Gasteiger partial charge in [0.2, 0.25) is 5.43 Å². The Kier molecular flexibility index (Phi) is 5.55. The molecule has 3 heterocycles. The number of hydrogen-bond donors (Lipinski definition) is 1. The van der Waals surface area contributed by atoms with Gasteiger partial charge in [0.25, 0.3) is 5.91 Å². The lowest BCUT2D eigenvalue weighted by atomic mass is 10.2. The topological polar surface area (TPSA) is 59.6 Å². The van der Waals surface area contributed by atoms with Crippen molar-refractivity contribution in [3.63, 3.8) is 0 Å². The predicted octanol–water partition coefficient (Wildman–Crippen LogP) is 1.28.